The average molecular weight is 352 g/mol. The number of nitrogens with one attached hydrogen (secondary N) is 1. The van der Waals surface area contributed by atoms with Gasteiger partial charge in [-0.15, -0.1) is 0 Å². The lowest BCUT2D eigenvalue weighted by Gasteiger charge is -2.26. The van der Waals surface area contributed by atoms with Crippen LogP contribution in [0.25, 0.3) is 0 Å². The van der Waals surface area contributed by atoms with Crippen LogP contribution in [-0.4, -0.2) is 28.4 Å². The van der Waals surface area contributed by atoms with Gasteiger partial charge >= 0.3 is 5.69 Å². The highest BCUT2D eigenvalue weighted by atomic mass is 19.1. The van der Waals surface area contributed by atoms with E-state index in [1.165, 1.54) is 0 Å². The van der Waals surface area contributed by atoms with Crippen LogP contribution in [-0.2, 0) is 16.1 Å². The maximum Gasteiger partial charge on any atom is 0.330 e. The second-order valence-electron chi connectivity index (χ2n) is 6.05. The molecular formula is C17H18F2N2O4. The number of rotatable bonds is 6. The van der Waals surface area contributed by atoms with Crippen LogP contribution in [0.5, 0.6) is 0 Å². The number of aromatic nitrogens is 2. The molecule has 1 aliphatic heterocycles. The fourth-order valence-electron chi connectivity index (χ4n) is 2.84. The predicted molar refractivity (Wildman–Crippen MR) is 85.4 cm³/mol. The van der Waals surface area contributed by atoms with Gasteiger partial charge in [0.05, 0.1) is 19.4 Å². The first kappa shape index (κ1) is 17.5. The van der Waals surface area contributed by atoms with E-state index in [9.17, 15) is 18.4 Å². The van der Waals surface area contributed by atoms with E-state index < -0.39 is 35.6 Å². The average Bonchev–Trinajstić information content (AvgIpc) is 3.04. The van der Waals surface area contributed by atoms with Crippen LogP contribution >= 0.6 is 0 Å². The van der Waals surface area contributed by atoms with E-state index in [0.29, 0.717) is 19.4 Å². The molecule has 1 saturated heterocycles. The maximum absolute atomic E-state index is 13.6. The molecule has 1 fully saturated rings. The number of ether oxygens (including phenoxy) is 2. The highest BCUT2D eigenvalue weighted by Crippen LogP contribution is 2.36. The van der Waals surface area contributed by atoms with Crippen molar-refractivity contribution in [2.45, 2.75) is 31.3 Å². The van der Waals surface area contributed by atoms with Crippen LogP contribution in [0.4, 0.5) is 8.78 Å². The third-order valence-electron chi connectivity index (χ3n) is 4.19. The number of aromatic amines is 1. The minimum absolute atomic E-state index is 0.00941. The molecular weight excluding hydrogens is 334 g/mol. The minimum Gasteiger partial charge on any atom is -0.374 e. The van der Waals surface area contributed by atoms with Crippen molar-refractivity contribution in [3.05, 3.63) is 68.7 Å². The Morgan fingerprint density at radius 3 is 2.80 bits per heavy atom. The van der Waals surface area contributed by atoms with E-state index in [4.69, 9.17) is 9.47 Å². The number of benzene rings is 1. The van der Waals surface area contributed by atoms with Crippen molar-refractivity contribution in [3.63, 3.8) is 0 Å². The van der Waals surface area contributed by atoms with Gasteiger partial charge in [0.15, 0.2) is 0 Å². The van der Waals surface area contributed by atoms with Crippen molar-refractivity contribution in [1.29, 1.82) is 0 Å². The lowest BCUT2D eigenvalue weighted by molar-refractivity contribution is -0.125. The molecule has 0 aliphatic carbocycles. The monoisotopic (exact) mass is 352 g/mol. The molecule has 2 aromatic rings. The largest absolute Gasteiger partial charge is 0.374 e. The molecule has 1 aromatic heterocycles. The molecule has 8 heteroatoms. The van der Waals surface area contributed by atoms with Gasteiger partial charge in [-0.3, -0.25) is 14.3 Å². The molecule has 25 heavy (non-hydrogen) atoms. The van der Waals surface area contributed by atoms with Crippen LogP contribution in [0.1, 0.15) is 24.6 Å². The van der Waals surface area contributed by atoms with Crippen LogP contribution < -0.4 is 11.2 Å². The molecule has 6 nitrogen and oxygen atoms in total. The van der Waals surface area contributed by atoms with Gasteiger partial charge in [-0.25, -0.2) is 9.18 Å². The zero-order valence-corrected chi connectivity index (χ0v) is 13.4. The minimum atomic E-state index is -1.19. The molecule has 134 valence electrons. The van der Waals surface area contributed by atoms with Crippen molar-refractivity contribution in [1.82, 2.24) is 9.55 Å². The molecule has 1 aromatic carbocycles. The van der Waals surface area contributed by atoms with Gasteiger partial charge in [0, 0.05) is 0 Å². The molecule has 0 unspecified atom stereocenters. The number of alkyl halides is 1. The third-order valence-corrected chi connectivity index (χ3v) is 4.19. The summed E-state index contributed by atoms with van der Waals surface area (Å²) in [6.07, 6.45) is 0.556. The summed E-state index contributed by atoms with van der Waals surface area (Å²) in [5, 5.41) is 0. The molecule has 3 rings (SSSR count). The quantitative estimate of drug-likeness (QED) is 0.862. The summed E-state index contributed by atoms with van der Waals surface area (Å²) >= 11 is 0. The standard InChI is InChI=1S/C17H18F2N2O4/c18-10-17(11-24-9-12-4-2-1-3-5-12)7-6-14(25-17)21-8-13(19)15(22)20-16(21)23/h1-5,8,14H,6-7,9-11H2,(H,20,22,23)/t14-,17-/m0/s1. The van der Waals surface area contributed by atoms with E-state index >= 15 is 0 Å². The van der Waals surface area contributed by atoms with Crippen LogP contribution in [0.3, 0.4) is 0 Å². The molecule has 1 N–H and O–H groups in total. The first-order valence-electron chi connectivity index (χ1n) is 7.89. The van der Waals surface area contributed by atoms with Crippen LogP contribution in [0.15, 0.2) is 46.1 Å². The van der Waals surface area contributed by atoms with Gasteiger partial charge in [-0.1, -0.05) is 30.3 Å². The van der Waals surface area contributed by atoms with E-state index in [1.54, 1.807) is 0 Å². The Morgan fingerprint density at radius 2 is 2.08 bits per heavy atom. The predicted octanol–water partition coefficient (Wildman–Crippen LogP) is 1.91. The molecule has 0 amide bonds. The molecule has 0 bridgehead atoms. The molecule has 0 radical (unpaired) electrons. The summed E-state index contributed by atoms with van der Waals surface area (Å²) in [6.45, 7) is -0.474. The van der Waals surface area contributed by atoms with Gasteiger partial charge in [0.2, 0.25) is 5.82 Å². The van der Waals surface area contributed by atoms with Crippen LogP contribution in [0, 0.1) is 5.82 Å². The van der Waals surface area contributed by atoms with E-state index in [-0.39, 0.29) is 6.61 Å². The van der Waals surface area contributed by atoms with E-state index in [2.05, 4.69) is 0 Å². The summed E-state index contributed by atoms with van der Waals surface area (Å²) < 4.78 is 39.2. The van der Waals surface area contributed by atoms with Gasteiger partial charge < -0.3 is 9.47 Å². The summed E-state index contributed by atoms with van der Waals surface area (Å²) in [5.74, 6) is -1.10. The second kappa shape index (κ2) is 7.28. The van der Waals surface area contributed by atoms with Crippen molar-refractivity contribution >= 4 is 0 Å². The fraction of sp³-hybridized carbons (Fsp3) is 0.412. The van der Waals surface area contributed by atoms with Crippen molar-refractivity contribution in [2.24, 2.45) is 0 Å². The summed E-state index contributed by atoms with van der Waals surface area (Å²) in [5.41, 5.74) is -2.13. The van der Waals surface area contributed by atoms with E-state index in [0.717, 1.165) is 16.3 Å². The first-order chi connectivity index (χ1) is 12.0. The maximum atomic E-state index is 13.6. The number of hydrogen-bond donors (Lipinski definition) is 1. The van der Waals surface area contributed by atoms with Crippen molar-refractivity contribution in [3.8, 4) is 0 Å². The molecule has 1 aliphatic rings. The second-order valence-corrected chi connectivity index (χ2v) is 6.05. The van der Waals surface area contributed by atoms with Gasteiger partial charge in [0.1, 0.15) is 18.5 Å². The van der Waals surface area contributed by atoms with Gasteiger partial charge in [0.25, 0.3) is 5.56 Å². The molecule has 0 spiro atoms. The smallest absolute Gasteiger partial charge is 0.330 e. The van der Waals surface area contributed by atoms with Crippen LogP contribution in [0.2, 0.25) is 0 Å². The summed E-state index contributed by atoms with van der Waals surface area (Å²) in [6, 6.07) is 9.43. The Bertz CT molecular complexity index is 837. The molecule has 2 heterocycles. The number of halogens is 2. The molecule has 0 saturated carbocycles. The zero-order chi connectivity index (χ0) is 17.9. The Morgan fingerprint density at radius 1 is 1.32 bits per heavy atom. The number of nitrogens with zero attached hydrogens (tertiary/aromatic N) is 1. The SMILES string of the molecule is O=c1[nH]c(=O)n([C@@H]2CC[C@](CF)(COCc3ccccc3)O2)cc1F. The topological polar surface area (TPSA) is 73.3 Å². The highest BCUT2D eigenvalue weighted by molar-refractivity contribution is 5.13. The lowest BCUT2D eigenvalue weighted by Crippen LogP contribution is -2.39. The van der Waals surface area contributed by atoms with Crippen molar-refractivity contribution < 1.29 is 18.3 Å². The first-order valence-corrected chi connectivity index (χ1v) is 7.89. The Hall–Kier alpha value is -2.32. The Kier molecular flexibility index (Phi) is 5.10. The Balaban J connectivity index is 1.67. The zero-order valence-electron chi connectivity index (χ0n) is 13.4. The summed E-state index contributed by atoms with van der Waals surface area (Å²) in [4.78, 5) is 24.8. The normalized spacial score (nSPS) is 23.0. The fourth-order valence-corrected chi connectivity index (χ4v) is 2.84. The molecule has 2 atom stereocenters. The number of hydrogen-bond acceptors (Lipinski definition) is 4. The van der Waals surface area contributed by atoms with Gasteiger partial charge in [-0.2, -0.15) is 4.39 Å². The highest BCUT2D eigenvalue weighted by Gasteiger charge is 2.42. The summed E-state index contributed by atoms with van der Waals surface area (Å²) in [7, 11) is 0. The van der Waals surface area contributed by atoms with E-state index in [1.807, 2.05) is 35.3 Å². The number of H-pyrrole nitrogens is 1. The lowest BCUT2D eigenvalue weighted by atomic mass is 10.0. The van der Waals surface area contributed by atoms with Crippen molar-refractivity contribution in [2.75, 3.05) is 13.3 Å². The Labute approximate surface area is 142 Å². The third kappa shape index (κ3) is 3.85. The van der Waals surface area contributed by atoms with Gasteiger partial charge in [-0.05, 0) is 18.4 Å².